The SMILES string of the molecule is O=C(C1CCCN(C(=O)C2CC2c2ccccc2Cl)C1)N1CCOCC1. The van der Waals surface area contributed by atoms with E-state index in [9.17, 15) is 9.59 Å². The minimum atomic E-state index is -0.0664. The molecule has 0 aromatic heterocycles. The summed E-state index contributed by atoms with van der Waals surface area (Å²) in [5, 5.41) is 0.742. The summed E-state index contributed by atoms with van der Waals surface area (Å²) in [6.07, 6.45) is 2.63. The van der Waals surface area contributed by atoms with Gasteiger partial charge in [-0.1, -0.05) is 29.8 Å². The lowest BCUT2D eigenvalue weighted by Crippen LogP contribution is -2.49. The van der Waals surface area contributed by atoms with Crippen molar-refractivity contribution >= 4 is 23.4 Å². The molecule has 0 spiro atoms. The number of hydrogen-bond donors (Lipinski definition) is 0. The van der Waals surface area contributed by atoms with Gasteiger partial charge in [0, 0.05) is 37.1 Å². The number of likely N-dealkylation sites (tertiary alicyclic amines) is 1. The zero-order valence-corrected chi connectivity index (χ0v) is 15.7. The lowest BCUT2D eigenvalue weighted by atomic mass is 9.95. The molecule has 6 heteroatoms. The molecule has 0 radical (unpaired) electrons. The Kier molecular flexibility index (Phi) is 5.18. The van der Waals surface area contributed by atoms with Crippen LogP contribution in [0.2, 0.25) is 5.02 Å². The molecule has 3 atom stereocenters. The summed E-state index contributed by atoms with van der Waals surface area (Å²) < 4.78 is 5.33. The van der Waals surface area contributed by atoms with Crippen LogP contribution in [0.15, 0.2) is 24.3 Å². The van der Waals surface area contributed by atoms with Crippen molar-refractivity contribution < 1.29 is 14.3 Å². The highest BCUT2D eigenvalue weighted by molar-refractivity contribution is 6.31. The van der Waals surface area contributed by atoms with Gasteiger partial charge >= 0.3 is 0 Å². The minimum absolute atomic E-state index is 0.0205. The van der Waals surface area contributed by atoms with Gasteiger partial charge in [-0.3, -0.25) is 9.59 Å². The van der Waals surface area contributed by atoms with E-state index in [1.807, 2.05) is 34.1 Å². The van der Waals surface area contributed by atoms with E-state index in [0.29, 0.717) is 32.8 Å². The molecular formula is C20H25ClN2O3. The van der Waals surface area contributed by atoms with E-state index in [1.165, 1.54) is 0 Å². The maximum Gasteiger partial charge on any atom is 0.227 e. The second-order valence-corrected chi connectivity index (χ2v) is 7.94. The van der Waals surface area contributed by atoms with Gasteiger partial charge in [-0.05, 0) is 36.8 Å². The Morgan fingerprint density at radius 2 is 1.81 bits per heavy atom. The van der Waals surface area contributed by atoms with Crippen LogP contribution in [0, 0.1) is 11.8 Å². The second kappa shape index (κ2) is 7.57. The number of benzene rings is 1. The van der Waals surface area contributed by atoms with Crippen molar-refractivity contribution in [2.24, 2.45) is 11.8 Å². The van der Waals surface area contributed by atoms with Crippen LogP contribution in [-0.4, -0.2) is 61.0 Å². The zero-order valence-electron chi connectivity index (χ0n) is 14.9. The van der Waals surface area contributed by atoms with Crippen LogP contribution in [0.5, 0.6) is 0 Å². The average Bonchev–Trinajstić information content (AvgIpc) is 3.48. The Bertz CT molecular complexity index is 689. The molecule has 0 N–H and O–H groups in total. The molecule has 4 rings (SSSR count). The highest BCUT2D eigenvalue weighted by atomic mass is 35.5. The molecule has 26 heavy (non-hydrogen) atoms. The Morgan fingerprint density at radius 1 is 1.04 bits per heavy atom. The summed E-state index contributed by atoms with van der Waals surface area (Å²) in [5.74, 6) is 0.556. The van der Waals surface area contributed by atoms with E-state index in [0.717, 1.165) is 36.4 Å². The first-order valence-electron chi connectivity index (χ1n) is 9.55. The number of rotatable bonds is 3. The molecule has 2 saturated heterocycles. The monoisotopic (exact) mass is 376 g/mol. The number of carbonyl (C=O) groups is 2. The number of nitrogens with zero attached hydrogens (tertiary/aromatic N) is 2. The van der Waals surface area contributed by atoms with Crippen molar-refractivity contribution in [3.63, 3.8) is 0 Å². The minimum Gasteiger partial charge on any atom is -0.378 e. The third-order valence-electron chi connectivity index (χ3n) is 5.82. The molecule has 2 aliphatic heterocycles. The molecule has 3 fully saturated rings. The van der Waals surface area contributed by atoms with E-state index in [2.05, 4.69) is 0 Å². The fourth-order valence-electron chi connectivity index (χ4n) is 4.24. The van der Waals surface area contributed by atoms with Gasteiger partial charge in [0.15, 0.2) is 0 Å². The van der Waals surface area contributed by atoms with Gasteiger partial charge in [0.05, 0.1) is 19.1 Å². The maximum absolute atomic E-state index is 12.9. The smallest absolute Gasteiger partial charge is 0.227 e. The summed E-state index contributed by atoms with van der Waals surface area (Å²) in [5.41, 5.74) is 1.07. The van der Waals surface area contributed by atoms with Crippen molar-refractivity contribution in [2.75, 3.05) is 39.4 Å². The number of hydrogen-bond acceptors (Lipinski definition) is 3. The Morgan fingerprint density at radius 3 is 2.58 bits per heavy atom. The van der Waals surface area contributed by atoms with E-state index < -0.39 is 0 Å². The molecule has 3 aliphatic rings. The van der Waals surface area contributed by atoms with Crippen LogP contribution in [-0.2, 0) is 14.3 Å². The van der Waals surface area contributed by atoms with E-state index in [4.69, 9.17) is 16.3 Å². The molecule has 1 saturated carbocycles. The number of amides is 2. The van der Waals surface area contributed by atoms with E-state index in [1.54, 1.807) is 0 Å². The van der Waals surface area contributed by atoms with Gasteiger partial charge in [0.2, 0.25) is 11.8 Å². The first kappa shape index (κ1) is 17.8. The first-order chi connectivity index (χ1) is 12.6. The molecule has 5 nitrogen and oxygen atoms in total. The second-order valence-electron chi connectivity index (χ2n) is 7.53. The van der Waals surface area contributed by atoms with Crippen LogP contribution in [0.4, 0.5) is 0 Å². The summed E-state index contributed by atoms with van der Waals surface area (Å²) >= 11 is 6.28. The van der Waals surface area contributed by atoms with Crippen LogP contribution in [0.1, 0.15) is 30.7 Å². The van der Waals surface area contributed by atoms with Crippen molar-refractivity contribution in [1.82, 2.24) is 9.80 Å². The topological polar surface area (TPSA) is 49.9 Å². The molecule has 1 aromatic carbocycles. The number of carbonyl (C=O) groups excluding carboxylic acids is 2. The molecule has 0 bridgehead atoms. The van der Waals surface area contributed by atoms with E-state index in [-0.39, 0.29) is 29.6 Å². The van der Waals surface area contributed by atoms with Crippen LogP contribution in [0.25, 0.3) is 0 Å². The van der Waals surface area contributed by atoms with Gasteiger partial charge < -0.3 is 14.5 Å². The Hall–Kier alpha value is -1.59. The lowest BCUT2D eigenvalue weighted by molar-refractivity contribution is -0.144. The normalized spacial score (nSPS) is 28.7. The van der Waals surface area contributed by atoms with Crippen LogP contribution in [0.3, 0.4) is 0 Å². The zero-order chi connectivity index (χ0) is 18.1. The van der Waals surface area contributed by atoms with Gasteiger partial charge in [0.25, 0.3) is 0 Å². The fraction of sp³-hybridized carbons (Fsp3) is 0.600. The van der Waals surface area contributed by atoms with Crippen molar-refractivity contribution in [3.8, 4) is 0 Å². The number of ether oxygens (including phenoxy) is 1. The van der Waals surface area contributed by atoms with Gasteiger partial charge in [-0.15, -0.1) is 0 Å². The van der Waals surface area contributed by atoms with Gasteiger partial charge in [-0.2, -0.15) is 0 Å². The molecule has 2 amide bonds. The quantitative estimate of drug-likeness (QED) is 0.814. The summed E-state index contributed by atoms with van der Waals surface area (Å²) in [4.78, 5) is 29.5. The molecule has 1 aliphatic carbocycles. The largest absolute Gasteiger partial charge is 0.378 e. The number of halogens is 1. The van der Waals surface area contributed by atoms with Crippen molar-refractivity contribution in [1.29, 1.82) is 0 Å². The predicted molar refractivity (Wildman–Crippen MR) is 99.0 cm³/mol. The highest BCUT2D eigenvalue weighted by Crippen LogP contribution is 2.50. The molecule has 1 aromatic rings. The summed E-state index contributed by atoms with van der Waals surface area (Å²) in [6, 6.07) is 7.78. The molecule has 140 valence electrons. The average molecular weight is 377 g/mol. The first-order valence-corrected chi connectivity index (χ1v) is 9.92. The molecule has 3 unspecified atom stereocenters. The predicted octanol–water partition coefficient (Wildman–Crippen LogP) is 2.54. The molecule has 2 heterocycles. The lowest BCUT2D eigenvalue weighted by Gasteiger charge is -2.36. The van der Waals surface area contributed by atoms with Crippen molar-refractivity contribution in [3.05, 3.63) is 34.9 Å². The number of morpholine rings is 1. The fourth-order valence-corrected chi connectivity index (χ4v) is 4.52. The summed E-state index contributed by atoms with van der Waals surface area (Å²) in [6.45, 7) is 3.88. The van der Waals surface area contributed by atoms with Crippen molar-refractivity contribution in [2.45, 2.75) is 25.2 Å². The number of piperidine rings is 1. The third kappa shape index (κ3) is 3.60. The van der Waals surface area contributed by atoms with E-state index >= 15 is 0 Å². The Labute approximate surface area is 159 Å². The van der Waals surface area contributed by atoms with Crippen LogP contribution < -0.4 is 0 Å². The maximum atomic E-state index is 12.9. The third-order valence-corrected chi connectivity index (χ3v) is 6.16. The highest BCUT2D eigenvalue weighted by Gasteiger charge is 2.47. The Balaban J connectivity index is 1.37. The van der Waals surface area contributed by atoms with Crippen LogP contribution >= 0.6 is 11.6 Å². The summed E-state index contributed by atoms with van der Waals surface area (Å²) in [7, 11) is 0. The van der Waals surface area contributed by atoms with Gasteiger partial charge in [-0.25, -0.2) is 0 Å². The van der Waals surface area contributed by atoms with Gasteiger partial charge in [0.1, 0.15) is 0 Å². The standard InChI is InChI=1S/C20H25ClN2O3/c21-18-6-2-1-5-15(18)16-12-17(16)20(25)23-7-3-4-14(13-23)19(24)22-8-10-26-11-9-22/h1-2,5-6,14,16-17H,3-4,7-13H2. The molecular weight excluding hydrogens is 352 g/mol.